The van der Waals surface area contributed by atoms with Crippen LogP contribution in [0.3, 0.4) is 0 Å². The van der Waals surface area contributed by atoms with E-state index in [2.05, 4.69) is 9.97 Å². The molecule has 0 N–H and O–H groups in total. The predicted octanol–water partition coefficient (Wildman–Crippen LogP) is 2.08. The molecule has 0 spiro atoms. The zero-order valence-corrected chi connectivity index (χ0v) is 16.5. The molecule has 1 aliphatic rings. The third-order valence-electron chi connectivity index (χ3n) is 4.68. The third kappa shape index (κ3) is 3.43. The van der Waals surface area contributed by atoms with Crippen molar-refractivity contribution in [1.82, 2.24) is 24.8 Å². The molecular weight excluding hydrogens is 378 g/mol. The fraction of sp³-hybridized carbons (Fsp3) is 0.316. The SMILES string of the molecule is CN(C)c1nc(N2CCN(C=O)CC2)nc2nc(Cl)c(-c3ccccc3)nc12. The second kappa shape index (κ2) is 7.55. The lowest BCUT2D eigenvalue weighted by molar-refractivity contribution is -0.118. The molecule has 4 rings (SSSR count). The first-order valence-electron chi connectivity index (χ1n) is 8.99. The predicted molar refractivity (Wildman–Crippen MR) is 110 cm³/mol. The molecule has 0 aliphatic carbocycles. The second-order valence-corrected chi connectivity index (χ2v) is 7.13. The van der Waals surface area contributed by atoms with Gasteiger partial charge in [0.25, 0.3) is 0 Å². The van der Waals surface area contributed by atoms with Crippen LogP contribution in [0.5, 0.6) is 0 Å². The van der Waals surface area contributed by atoms with E-state index in [1.54, 1.807) is 4.90 Å². The van der Waals surface area contributed by atoms with Crippen molar-refractivity contribution < 1.29 is 4.79 Å². The van der Waals surface area contributed by atoms with E-state index in [1.807, 2.05) is 54.2 Å². The van der Waals surface area contributed by atoms with E-state index in [9.17, 15) is 4.79 Å². The molecule has 3 aromatic rings. The second-order valence-electron chi connectivity index (χ2n) is 6.77. The van der Waals surface area contributed by atoms with Crippen molar-refractivity contribution >= 4 is 40.9 Å². The molecule has 0 saturated carbocycles. The molecule has 0 unspecified atom stereocenters. The van der Waals surface area contributed by atoms with Gasteiger partial charge in [-0.1, -0.05) is 41.9 Å². The average Bonchev–Trinajstić information content (AvgIpc) is 2.73. The lowest BCUT2D eigenvalue weighted by atomic mass is 10.1. The highest BCUT2D eigenvalue weighted by Gasteiger charge is 2.22. The average molecular weight is 398 g/mol. The molecule has 28 heavy (non-hydrogen) atoms. The Morgan fingerprint density at radius 3 is 2.36 bits per heavy atom. The van der Waals surface area contributed by atoms with Crippen LogP contribution >= 0.6 is 11.6 Å². The van der Waals surface area contributed by atoms with Gasteiger partial charge in [-0.25, -0.2) is 9.97 Å². The molecule has 0 atom stereocenters. The van der Waals surface area contributed by atoms with Crippen LogP contribution in [0.15, 0.2) is 30.3 Å². The Hall–Kier alpha value is -3.00. The number of benzene rings is 1. The quantitative estimate of drug-likeness (QED) is 0.623. The Morgan fingerprint density at radius 2 is 1.71 bits per heavy atom. The fourth-order valence-corrected chi connectivity index (χ4v) is 3.39. The zero-order valence-electron chi connectivity index (χ0n) is 15.7. The molecule has 1 amide bonds. The molecule has 2 aromatic heterocycles. The fourth-order valence-electron chi connectivity index (χ4n) is 3.16. The first-order valence-corrected chi connectivity index (χ1v) is 9.37. The summed E-state index contributed by atoms with van der Waals surface area (Å²) in [6.07, 6.45) is 0.875. The van der Waals surface area contributed by atoms with Gasteiger partial charge in [-0.2, -0.15) is 9.97 Å². The molecule has 0 radical (unpaired) electrons. The van der Waals surface area contributed by atoms with Crippen LogP contribution in [0.25, 0.3) is 22.4 Å². The number of carbonyl (C=O) groups is 1. The van der Waals surface area contributed by atoms with Crippen molar-refractivity contribution in [3.63, 3.8) is 0 Å². The summed E-state index contributed by atoms with van der Waals surface area (Å²) in [5, 5.41) is 0.304. The number of amides is 1. The third-order valence-corrected chi connectivity index (χ3v) is 4.94. The van der Waals surface area contributed by atoms with E-state index >= 15 is 0 Å². The van der Waals surface area contributed by atoms with E-state index in [-0.39, 0.29) is 0 Å². The molecule has 1 saturated heterocycles. The molecule has 144 valence electrons. The molecule has 9 heteroatoms. The Morgan fingerprint density at radius 1 is 1.00 bits per heavy atom. The Kier molecular flexibility index (Phi) is 4.95. The number of piperazine rings is 1. The molecule has 1 aromatic carbocycles. The lowest BCUT2D eigenvalue weighted by Crippen LogP contribution is -2.46. The van der Waals surface area contributed by atoms with Crippen LogP contribution in [-0.2, 0) is 4.79 Å². The first kappa shape index (κ1) is 18.4. The summed E-state index contributed by atoms with van der Waals surface area (Å²) >= 11 is 6.44. The summed E-state index contributed by atoms with van der Waals surface area (Å²) in [5.74, 6) is 1.25. The number of halogens is 1. The van der Waals surface area contributed by atoms with Crippen molar-refractivity contribution in [3.05, 3.63) is 35.5 Å². The smallest absolute Gasteiger partial charge is 0.229 e. The molecule has 1 fully saturated rings. The molecular formula is C19H20ClN7O. The standard InChI is InChI=1S/C19H20ClN7O/c1-25(2)18-15-17(22-16(20)14(21-15)13-6-4-3-5-7-13)23-19(24-18)27-10-8-26(12-28)9-11-27/h3-7,12H,8-11H2,1-2H3. The van der Waals surface area contributed by atoms with E-state index in [0.29, 0.717) is 60.0 Å². The van der Waals surface area contributed by atoms with Gasteiger partial charge in [0.1, 0.15) is 5.69 Å². The van der Waals surface area contributed by atoms with Crippen molar-refractivity contribution in [2.45, 2.75) is 0 Å². The summed E-state index contributed by atoms with van der Waals surface area (Å²) in [6.45, 7) is 2.61. The Balaban J connectivity index is 1.80. The summed E-state index contributed by atoms with van der Waals surface area (Å²) < 4.78 is 0. The van der Waals surface area contributed by atoms with E-state index in [1.165, 1.54) is 0 Å². The van der Waals surface area contributed by atoms with E-state index in [0.717, 1.165) is 12.0 Å². The topological polar surface area (TPSA) is 78.4 Å². The normalized spacial score (nSPS) is 14.4. The van der Waals surface area contributed by atoms with Gasteiger partial charge in [-0.15, -0.1) is 0 Å². The largest absolute Gasteiger partial charge is 0.361 e. The maximum atomic E-state index is 10.9. The summed E-state index contributed by atoms with van der Waals surface area (Å²) in [4.78, 5) is 35.2. The maximum Gasteiger partial charge on any atom is 0.229 e. The number of aromatic nitrogens is 4. The van der Waals surface area contributed by atoms with Gasteiger partial charge >= 0.3 is 0 Å². The van der Waals surface area contributed by atoms with Gasteiger partial charge < -0.3 is 14.7 Å². The number of rotatable bonds is 4. The van der Waals surface area contributed by atoms with Crippen LogP contribution in [0.1, 0.15) is 0 Å². The van der Waals surface area contributed by atoms with Gasteiger partial charge in [0.05, 0.1) is 0 Å². The van der Waals surface area contributed by atoms with Gasteiger partial charge in [-0.05, 0) is 0 Å². The molecule has 8 nitrogen and oxygen atoms in total. The number of nitrogens with zero attached hydrogens (tertiary/aromatic N) is 7. The lowest BCUT2D eigenvalue weighted by Gasteiger charge is -2.32. The molecule has 3 heterocycles. The Labute approximate surface area is 167 Å². The minimum atomic E-state index is 0.304. The van der Waals surface area contributed by atoms with Crippen molar-refractivity contribution in [2.24, 2.45) is 0 Å². The minimum absolute atomic E-state index is 0.304. The summed E-state index contributed by atoms with van der Waals surface area (Å²) in [6, 6.07) is 9.69. The van der Waals surface area contributed by atoms with Gasteiger partial charge in [0, 0.05) is 45.8 Å². The number of anilines is 2. The first-order chi connectivity index (χ1) is 13.6. The van der Waals surface area contributed by atoms with E-state index < -0.39 is 0 Å². The molecule has 0 bridgehead atoms. The number of fused-ring (bicyclic) bond motifs is 1. The van der Waals surface area contributed by atoms with E-state index in [4.69, 9.17) is 21.6 Å². The van der Waals surface area contributed by atoms with Crippen molar-refractivity contribution in [3.8, 4) is 11.3 Å². The Bertz CT molecular complexity index is 1000. The summed E-state index contributed by atoms with van der Waals surface area (Å²) in [7, 11) is 3.82. The van der Waals surface area contributed by atoms with Crippen molar-refractivity contribution in [1.29, 1.82) is 0 Å². The number of hydrogen-bond acceptors (Lipinski definition) is 7. The minimum Gasteiger partial charge on any atom is -0.361 e. The van der Waals surface area contributed by atoms with Crippen LogP contribution in [-0.4, -0.2) is 71.5 Å². The number of carbonyl (C=O) groups excluding carboxylic acids is 1. The molecule has 1 aliphatic heterocycles. The highest BCUT2D eigenvalue weighted by Crippen LogP contribution is 2.30. The zero-order chi connectivity index (χ0) is 19.7. The van der Waals surface area contributed by atoms with Crippen LogP contribution in [0, 0.1) is 0 Å². The van der Waals surface area contributed by atoms with Gasteiger partial charge in [0.15, 0.2) is 22.1 Å². The van der Waals surface area contributed by atoms with Gasteiger partial charge in [0.2, 0.25) is 12.4 Å². The van der Waals surface area contributed by atoms with Crippen LogP contribution < -0.4 is 9.80 Å². The van der Waals surface area contributed by atoms with Gasteiger partial charge in [-0.3, -0.25) is 4.79 Å². The van der Waals surface area contributed by atoms with Crippen molar-refractivity contribution in [2.75, 3.05) is 50.1 Å². The summed E-state index contributed by atoms with van der Waals surface area (Å²) in [5.41, 5.74) is 2.55. The maximum absolute atomic E-state index is 10.9. The monoisotopic (exact) mass is 397 g/mol. The number of hydrogen-bond donors (Lipinski definition) is 0. The van der Waals surface area contributed by atoms with Crippen LogP contribution in [0.2, 0.25) is 5.15 Å². The van der Waals surface area contributed by atoms with Crippen LogP contribution in [0.4, 0.5) is 11.8 Å². The highest BCUT2D eigenvalue weighted by molar-refractivity contribution is 6.32. The highest BCUT2D eigenvalue weighted by atomic mass is 35.5.